The molecule has 0 spiro atoms. The van der Waals surface area contributed by atoms with Gasteiger partial charge in [0.25, 0.3) is 5.91 Å². The van der Waals surface area contributed by atoms with E-state index >= 15 is 0 Å². The summed E-state index contributed by atoms with van der Waals surface area (Å²) in [6.45, 7) is 2.03. The number of hydrogen-bond acceptors (Lipinski definition) is 4. The molecule has 0 unspecified atom stereocenters. The van der Waals surface area contributed by atoms with Crippen LogP contribution in [0.2, 0.25) is 0 Å². The van der Waals surface area contributed by atoms with Crippen LogP contribution >= 0.6 is 0 Å². The molecule has 6 nitrogen and oxygen atoms in total. The first-order valence-electron chi connectivity index (χ1n) is 8.94. The van der Waals surface area contributed by atoms with Gasteiger partial charge in [0.15, 0.2) is 0 Å². The van der Waals surface area contributed by atoms with Crippen molar-refractivity contribution in [2.75, 3.05) is 0 Å². The zero-order valence-corrected chi connectivity index (χ0v) is 14.6. The maximum Gasteiger partial charge on any atom is 0.349 e. The molecule has 0 saturated heterocycles. The first kappa shape index (κ1) is 16.6. The molecule has 0 aliphatic heterocycles. The zero-order chi connectivity index (χ0) is 18.1. The number of aromatic nitrogens is 2. The van der Waals surface area contributed by atoms with Gasteiger partial charge >= 0.3 is 5.63 Å². The van der Waals surface area contributed by atoms with Crippen LogP contribution in [-0.4, -0.2) is 21.7 Å². The predicted molar refractivity (Wildman–Crippen MR) is 98.2 cm³/mol. The summed E-state index contributed by atoms with van der Waals surface area (Å²) in [4.78, 5) is 24.7. The Morgan fingerprint density at radius 3 is 2.73 bits per heavy atom. The fraction of sp³-hybridized carbons (Fsp3) is 0.350. The number of amides is 1. The van der Waals surface area contributed by atoms with Crippen LogP contribution in [0.1, 0.15) is 47.6 Å². The van der Waals surface area contributed by atoms with Crippen LogP contribution in [0.15, 0.2) is 51.9 Å². The first-order chi connectivity index (χ1) is 12.6. The highest BCUT2D eigenvalue weighted by atomic mass is 16.4. The van der Waals surface area contributed by atoms with Crippen molar-refractivity contribution < 1.29 is 9.21 Å². The Labute approximate surface area is 150 Å². The molecule has 1 aliphatic carbocycles. The second kappa shape index (κ2) is 6.78. The molecular weight excluding hydrogens is 330 g/mol. The molecule has 1 amide bonds. The molecule has 1 aromatic carbocycles. The molecule has 0 bridgehead atoms. The average molecular weight is 351 g/mol. The van der Waals surface area contributed by atoms with Gasteiger partial charge in [-0.2, -0.15) is 5.10 Å². The van der Waals surface area contributed by atoms with Crippen LogP contribution in [0, 0.1) is 6.92 Å². The smallest absolute Gasteiger partial charge is 0.349 e. The maximum atomic E-state index is 12.5. The highest BCUT2D eigenvalue weighted by Gasteiger charge is 2.25. The van der Waals surface area contributed by atoms with E-state index in [2.05, 4.69) is 16.6 Å². The topological polar surface area (TPSA) is 77.1 Å². The summed E-state index contributed by atoms with van der Waals surface area (Å²) in [5, 5.41) is 8.12. The van der Waals surface area contributed by atoms with Crippen LogP contribution in [0.5, 0.6) is 0 Å². The van der Waals surface area contributed by atoms with E-state index in [9.17, 15) is 9.59 Å². The van der Waals surface area contributed by atoms with Crippen molar-refractivity contribution >= 4 is 16.9 Å². The van der Waals surface area contributed by atoms with E-state index in [0.717, 1.165) is 36.6 Å². The van der Waals surface area contributed by atoms with Crippen LogP contribution in [0.25, 0.3) is 11.0 Å². The number of nitrogens with zero attached hydrogens (tertiary/aromatic N) is 2. The molecule has 0 radical (unpaired) electrons. The van der Waals surface area contributed by atoms with E-state index in [1.165, 1.54) is 0 Å². The molecule has 2 heterocycles. The van der Waals surface area contributed by atoms with Crippen molar-refractivity contribution in [3.63, 3.8) is 0 Å². The van der Waals surface area contributed by atoms with Gasteiger partial charge in [0.1, 0.15) is 11.1 Å². The van der Waals surface area contributed by atoms with Crippen molar-refractivity contribution in [1.29, 1.82) is 0 Å². The third kappa shape index (κ3) is 3.27. The standard InChI is InChI=1S/C20H21N3O3/c1-13-11-21-23(12-13)16-8-6-15(7-9-16)22-19(24)17-10-14-4-2-3-5-18(14)26-20(17)25/h2-5,10-12,15-16H,6-9H2,1H3,(H,22,24). The number of benzene rings is 1. The monoisotopic (exact) mass is 351 g/mol. The van der Waals surface area contributed by atoms with Gasteiger partial charge in [-0.05, 0) is 50.3 Å². The van der Waals surface area contributed by atoms with Gasteiger partial charge in [0.05, 0.1) is 12.2 Å². The summed E-state index contributed by atoms with van der Waals surface area (Å²) in [7, 11) is 0. The lowest BCUT2D eigenvalue weighted by Gasteiger charge is -2.29. The van der Waals surface area contributed by atoms with Gasteiger partial charge in [0.2, 0.25) is 0 Å². The molecule has 0 atom stereocenters. The number of hydrogen-bond donors (Lipinski definition) is 1. The number of carbonyl (C=O) groups excluding carboxylic acids is 1. The molecule has 1 fully saturated rings. The molecule has 4 rings (SSSR count). The summed E-state index contributed by atoms with van der Waals surface area (Å²) in [6.07, 6.45) is 7.58. The van der Waals surface area contributed by atoms with Crippen molar-refractivity contribution in [2.45, 2.75) is 44.7 Å². The third-order valence-electron chi connectivity index (χ3n) is 5.02. The van der Waals surface area contributed by atoms with E-state index in [1.807, 2.05) is 29.9 Å². The molecule has 134 valence electrons. The molecular formula is C20H21N3O3. The number of carbonyl (C=O) groups is 1. The molecule has 1 aliphatic rings. The summed E-state index contributed by atoms with van der Waals surface area (Å²) >= 11 is 0. The fourth-order valence-corrected chi connectivity index (χ4v) is 3.60. The Balaban J connectivity index is 1.43. The number of aryl methyl sites for hydroxylation is 1. The van der Waals surface area contributed by atoms with E-state index in [0.29, 0.717) is 11.6 Å². The van der Waals surface area contributed by atoms with Gasteiger partial charge in [-0.3, -0.25) is 9.48 Å². The van der Waals surface area contributed by atoms with E-state index in [-0.39, 0.29) is 17.5 Å². The quantitative estimate of drug-likeness (QED) is 0.735. The number of fused-ring (bicyclic) bond motifs is 1. The van der Waals surface area contributed by atoms with Crippen LogP contribution in [-0.2, 0) is 0 Å². The molecule has 3 aromatic rings. The second-order valence-corrected chi connectivity index (χ2v) is 6.96. The van der Waals surface area contributed by atoms with Gasteiger partial charge in [0, 0.05) is 17.6 Å². The summed E-state index contributed by atoms with van der Waals surface area (Å²) in [5.41, 5.74) is 1.11. The number of para-hydroxylation sites is 1. The van der Waals surface area contributed by atoms with E-state index < -0.39 is 5.63 Å². The molecule has 6 heteroatoms. The van der Waals surface area contributed by atoms with Crippen molar-refractivity contribution in [3.05, 3.63) is 64.3 Å². The minimum atomic E-state index is -0.595. The fourth-order valence-electron chi connectivity index (χ4n) is 3.60. The average Bonchev–Trinajstić information content (AvgIpc) is 3.08. The Morgan fingerprint density at radius 2 is 2.00 bits per heavy atom. The van der Waals surface area contributed by atoms with E-state index in [1.54, 1.807) is 18.2 Å². The van der Waals surface area contributed by atoms with Gasteiger partial charge in [-0.1, -0.05) is 18.2 Å². The minimum absolute atomic E-state index is 0.0634. The van der Waals surface area contributed by atoms with Crippen molar-refractivity contribution in [1.82, 2.24) is 15.1 Å². The normalized spacial score (nSPS) is 20.2. The van der Waals surface area contributed by atoms with Crippen LogP contribution in [0.4, 0.5) is 0 Å². The highest BCUT2D eigenvalue weighted by Crippen LogP contribution is 2.28. The molecule has 1 N–H and O–H groups in total. The van der Waals surface area contributed by atoms with Gasteiger partial charge < -0.3 is 9.73 Å². The summed E-state index contributed by atoms with van der Waals surface area (Å²) in [6, 6.07) is 9.24. The van der Waals surface area contributed by atoms with Crippen molar-refractivity contribution in [3.8, 4) is 0 Å². The minimum Gasteiger partial charge on any atom is -0.422 e. The highest BCUT2D eigenvalue weighted by molar-refractivity contribution is 5.96. The Kier molecular flexibility index (Phi) is 4.32. The Hall–Kier alpha value is -2.89. The number of nitrogens with one attached hydrogen (secondary N) is 1. The van der Waals surface area contributed by atoms with Crippen LogP contribution in [0.3, 0.4) is 0 Å². The Morgan fingerprint density at radius 1 is 1.23 bits per heavy atom. The number of rotatable bonds is 3. The van der Waals surface area contributed by atoms with E-state index in [4.69, 9.17) is 4.42 Å². The van der Waals surface area contributed by atoms with Crippen molar-refractivity contribution in [2.24, 2.45) is 0 Å². The summed E-state index contributed by atoms with van der Waals surface area (Å²) in [5.74, 6) is -0.358. The second-order valence-electron chi connectivity index (χ2n) is 6.96. The largest absolute Gasteiger partial charge is 0.422 e. The summed E-state index contributed by atoms with van der Waals surface area (Å²) < 4.78 is 7.27. The van der Waals surface area contributed by atoms with Gasteiger partial charge in [-0.15, -0.1) is 0 Å². The SMILES string of the molecule is Cc1cnn(C2CCC(NC(=O)c3cc4ccccc4oc3=O)CC2)c1. The Bertz CT molecular complexity index is 997. The maximum absolute atomic E-state index is 12.5. The lowest BCUT2D eigenvalue weighted by atomic mass is 9.91. The lowest BCUT2D eigenvalue weighted by molar-refractivity contribution is 0.0918. The third-order valence-corrected chi connectivity index (χ3v) is 5.02. The molecule has 26 heavy (non-hydrogen) atoms. The zero-order valence-electron chi connectivity index (χ0n) is 14.6. The predicted octanol–water partition coefficient (Wildman–Crippen LogP) is 3.21. The lowest BCUT2D eigenvalue weighted by Crippen LogP contribution is -2.39. The van der Waals surface area contributed by atoms with Crippen LogP contribution < -0.4 is 10.9 Å². The first-order valence-corrected chi connectivity index (χ1v) is 8.94. The molecule has 2 aromatic heterocycles. The molecule has 1 saturated carbocycles. The van der Waals surface area contributed by atoms with Gasteiger partial charge in [-0.25, -0.2) is 4.79 Å².